The number of aromatic carboxylic acids is 1. The fraction of sp³-hybridized carbons (Fsp3) is 0.261. The van der Waals surface area contributed by atoms with Crippen LogP contribution >= 0.6 is 11.8 Å². The van der Waals surface area contributed by atoms with Gasteiger partial charge >= 0.3 is 5.97 Å². The van der Waals surface area contributed by atoms with E-state index in [1.807, 2.05) is 25.1 Å². The molecule has 1 amide bonds. The molecule has 2 aromatic rings. The molecule has 1 aliphatic rings. The lowest BCUT2D eigenvalue weighted by atomic mass is 9.87. The average molecular weight is 409 g/mol. The number of amides is 1. The van der Waals surface area contributed by atoms with Crippen LogP contribution in [0.15, 0.2) is 58.4 Å². The summed E-state index contributed by atoms with van der Waals surface area (Å²) in [6.45, 7) is 8.88. The van der Waals surface area contributed by atoms with Gasteiger partial charge < -0.3 is 5.11 Å². The molecule has 3 rings (SSSR count). The maximum absolute atomic E-state index is 12.8. The molecule has 1 saturated heterocycles. The smallest absolute Gasteiger partial charge is 0.335 e. The Bertz CT molecular complexity index is 1000. The fourth-order valence-corrected chi connectivity index (χ4v) is 3.98. The highest BCUT2D eigenvalue weighted by Gasteiger charge is 2.32. The summed E-state index contributed by atoms with van der Waals surface area (Å²) < 4.78 is 0. The third-order valence-corrected chi connectivity index (χ3v) is 5.60. The fourth-order valence-electron chi connectivity index (χ4n) is 2.92. The van der Waals surface area contributed by atoms with Crippen molar-refractivity contribution < 1.29 is 14.7 Å². The molecule has 6 heteroatoms. The molecule has 0 aromatic heterocycles. The van der Waals surface area contributed by atoms with Gasteiger partial charge in [0.1, 0.15) is 0 Å². The summed E-state index contributed by atoms with van der Waals surface area (Å²) in [6.07, 6.45) is 1.87. The molecule has 1 N–H and O–H groups in total. The number of aliphatic imine (C=N–C) groups is 1. The zero-order chi connectivity index (χ0) is 21.2. The first-order valence-electron chi connectivity index (χ1n) is 9.43. The van der Waals surface area contributed by atoms with Crippen LogP contribution in [-0.2, 0) is 10.2 Å². The number of rotatable bonds is 4. The Balaban J connectivity index is 1.90. The van der Waals surface area contributed by atoms with Gasteiger partial charge in [0.15, 0.2) is 5.17 Å². The molecule has 0 aliphatic carbocycles. The molecule has 0 unspecified atom stereocenters. The second-order valence-corrected chi connectivity index (χ2v) is 8.79. The number of hydrogen-bond acceptors (Lipinski definition) is 4. The van der Waals surface area contributed by atoms with Crippen LogP contribution in [0.4, 0.5) is 5.69 Å². The van der Waals surface area contributed by atoms with Gasteiger partial charge in [-0.15, -0.1) is 0 Å². The van der Waals surface area contributed by atoms with Gasteiger partial charge in [0.25, 0.3) is 5.91 Å². The molecule has 1 fully saturated rings. The van der Waals surface area contributed by atoms with E-state index in [4.69, 9.17) is 5.11 Å². The number of carbonyl (C=O) groups excluding carboxylic acids is 1. The summed E-state index contributed by atoms with van der Waals surface area (Å²) >= 11 is 1.31. The topological polar surface area (TPSA) is 70.0 Å². The lowest BCUT2D eigenvalue weighted by Crippen LogP contribution is -2.28. The standard InChI is InChI=1S/C23H24N2O3S/c1-5-25-20(26)19(13-15-9-11-17(12-10-15)23(2,3)4)29-22(25)24-18-8-6-7-16(14-18)21(27)28/h6-14H,5H2,1-4H3,(H,27,28)/b19-13+,24-22?. The molecule has 150 valence electrons. The van der Waals surface area contributed by atoms with Crippen molar-refractivity contribution in [3.05, 3.63) is 70.1 Å². The number of nitrogens with zero attached hydrogens (tertiary/aromatic N) is 2. The van der Waals surface area contributed by atoms with E-state index in [2.05, 4.69) is 37.9 Å². The predicted octanol–water partition coefficient (Wildman–Crippen LogP) is 5.31. The van der Waals surface area contributed by atoms with Crippen molar-refractivity contribution in [2.75, 3.05) is 6.54 Å². The normalized spacial score (nSPS) is 17.4. The van der Waals surface area contributed by atoms with Gasteiger partial charge in [0.05, 0.1) is 16.2 Å². The van der Waals surface area contributed by atoms with E-state index in [-0.39, 0.29) is 16.9 Å². The highest BCUT2D eigenvalue weighted by atomic mass is 32.2. The summed E-state index contributed by atoms with van der Waals surface area (Å²) in [5.41, 5.74) is 2.95. The molecule has 0 saturated carbocycles. The van der Waals surface area contributed by atoms with E-state index in [1.54, 1.807) is 17.0 Å². The van der Waals surface area contributed by atoms with Gasteiger partial charge in [0, 0.05) is 6.54 Å². The third kappa shape index (κ3) is 4.77. The summed E-state index contributed by atoms with van der Waals surface area (Å²) in [6, 6.07) is 14.6. The Morgan fingerprint density at radius 2 is 1.86 bits per heavy atom. The molecule has 5 nitrogen and oxygen atoms in total. The molecule has 1 heterocycles. The van der Waals surface area contributed by atoms with Crippen molar-refractivity contribution in [2.45, 2.75) is 33.1 Å². The van der Waals surface area contributed by atoms with Crippen molar-refractivity contribution in [2.24, 2.45) is 4.99 Å². The summed E-state index contributed by atoms with van der Waals surface area (Å²) in [4.78, 5) is 30.7. The first-order valence-corrected chi connectivity index (χ1v) is 10.2. The van der Waals surface area contributed by atoms with Crippen molar-refractivity contribution in [3.8, 4) is 0 Å². The van der Waals surface area contributed by atoms with E-state index in [1.165, 1.54) is 29.5 Å². The second kappa shape index (κ2) is 8.25. The minimum Gasteiger partial charge on any atom is -0.478 e. The largest absolute Gasteiger partial charge is 0.478 e. The minimum atomic E-state index is -1.01. The maximum Gasteiger partial charge on any atom is 0.335 e. The van der Waals surface area contributed by atoms with Crippen LogP contribution in [0.3, 0.4) is 0 Å². The van der Waals surface area contributed by atoms with Gasteiger partial charge in [-0.1, -0.05) is 51.1 Å². The Morgan fingerprint density at radius 1 is 1.17 bits per heavy atom. The van der Waals surface area contributed by atoms with Crippen LogP contribution in [0.1, 0.15) is 49.2 Å². The Kier molecular flexibility index (Phi) is 5.94. The molecule has 29 heavy (non-hydrogen) atoms. The Hall–Kier alpha value is -2.86. The monoisotopic (exact) mass is 408 g/mol. The number of amidine groups is 1. The number of thioether (sulfide) groups is 1. The van der Waals surface area contributed by atoms with Crippen molar-refractivity contribution >= 4 is 40.6 Å². The van der Waals surface area contributed by atoms with Gasteiger partial charge in [0.2, 0.25) is 0 Å². The Morgan fingerprint density at radius 3 is 2.45 bits per heavy atom. The lowest BCUT2D eigenvalue weighted by molar-refractivity contribution is -0.122. The Labute approximate surface area is 175 Å². The molecule has 0 atom stereocenters. The van der Waals surface area contributed by atoms with Crippen LogP contribution in [0.25, 0.3) is 6.08 Å². The van der Waals surface area contributed by atoms with E-state index in [0.717, 1.165) is 5.56 Å². The molecule has 1 aliphatic heterocycles. The molecular weight excluding hydrogens is 384 g/mol. The van der Waals surface area contributed by atoms with E-state index >= 15 is 0 Å². The number of carboxylic acids is 1. The van der Waals surface area contributed by atoms with Gasteiger partial charge in [-0.25, -0.2) is 9.79 Å². The van der Waals surface area contributed by atoms with Crippen molar-refractivity contribution in [1.82, 2.24) is 4.90 Å². The number of carbonyl (C=O) groups is 2. The molecular formula is C23H24N2O3S. The molecule has 0 bridgehead atoms. The van der Waals surface area contributed by atoms with Gasteiger partial charge in [-0.3, -0.25) is 9.69 Å². The highest BCUT2D eigenvalue weighted by Crippen LogP contribution is 2.34. The summed E-state index contributed by atoms with van der Waals surface area (Å²) in [7, 11) is 0. The van der Waals surface area contributed by atoms with Gasteiger partial charge in [-0.05, 0) is 59.5 Å². The average Bonchev–Trinajstić information content (AvgIpc) is 2.96. The van der Waals surface area contributed by atoms with Crippen LogP contribution < -0.4 is 0 Å². The number of benzene rings is 2. The molecule has 0 radical (unpaired) electrons. The highest BCUT2D eigenvalue weighted by molar-refractivity contribution is 8.18. The number of likely N-dealkylation sites (N-methyl/N-ethyl adjacent to an activating group) is 1. The van der Waals surface area contributed by atoms with Crippen LogP contribution in [0, 0.1) is 0 Å². The second-order valence-electron chi connectivity index (χ2n) is 7.78. The van der Waals surface area contributed by atoms with Crippen LogP contribution in [-0.4, -0.2) is 33.6 Å². The molecule has 2 aromatic carbocycles. The minimum absolute atomic E-state index is 0.0763. The van der Waals surface area contributed by atoms with E-state index in [9.17, 15) is 9.59 Å². The van der Waals surface area contributed by atoms with Crippen molar-refractivity contribution in [1.29, 1.82) is 0 Å². The first kappa shape index (κ1) is 20.9. The molecule has 0 spiro atoms. The van der Waals surface area contributed by atoms with E-state index in [0.29, 0.717) is 22.3 Å². The number of carboxylic acid groups (broad SMARTS) is 1. The van der Waals surface area contributed by atoms with Crippen LogP contribution in [0.2, 0.25) is 0 Å². The predicted molar refractivity (Wildman–Crippen MR) is 119 cm³/mol. The quantitative estimate of drug-likeness (QED) is 0.697. The van der Waals surface area contributed by atoms with Crippen LogP contribution in [0.5, 0.6) is 0 Å². The zero-order valence-electron chi connectivity index (χ0n) is 17.0. The zero-order valence-corrected chi connectivity index (χ0v) is 17.8. The maximum atomic E-state index is 12.8. The first-order chi connectivity index (χ1) is 13.7. The van der Waals surface area contributed by atoms with Crippen molar-refractivity contribution in [3.63, 3.8) is 0 Å². The third-order valence-electron chi connectivity index (χ3n) is 4.60. The van der Waals surface area contributed by atoms with E-state index < -0.39 is 5.97 Å². The summed E-state index contributed by atoms with van der Waals surface area (Å²) in [5.74, 6) is -1.10. The SMILES string of the molecule is CCN1C(=O)/C(=C\c2ccc(C(C)(C)C)cc2)SC1=Nc1cccc(C(=O)O)c1. The number of hydrogen-bond donors (Lipinski definition) is 1. The van der Waals surface area contributed by atoms with Gasteiger partial charge in [-0.2, -0.15) is 0 Å². The lowest BCUT2D eigenvalue weighted by Gasteiger charge is -2.18. The summed E-state index contributed by atoms with van der Waals surface area (Å²) in [5, 5.41) is 9.71.